The number of hydrogen-bond donors (Lipinski definition) is 0. The van der Waals surface area contributed by atoms with Crippen LogP contribution in [0.5, 0.6) is 0 Å². The van der Waals surface area contributed by atoms with Crippen LogP contribution in [0.4, 0.5) is 0 Å². The molecule has 4 heterocycles. The molecule has 226 valence electrons. The molecule has 4 amide bonds. The van der Waals surface area contributed by atoms with Gasteiger partial charge in [0.2, 0.25) is 23.6 Å². The van der Waals surface area contributed by atoms with Crippen LogP contribution in [0.3, 0.4) is 0 Å². The normalized spacial score (nSPS) is 26.0. The van der Waals surface area contributed by atoms with E-state index in [1.54, 1.807) is 0 Å². The topological polar surface area (TPSA) is 87.7 Å². The number of piperazine rings is 2. The molecule has 4 aliphatic heterocycles. The Hall–Kier alpha value is -1.88. The van der Waals surface area contributed by atoms with Crippen LogP contribution in [0.25, 0.3) is 0 Å². The summed E-state index contributed by atoms with van der Waals surface area (Å²) in [6.07, 6.45) is 4.43. The number of hydrogen-bond acceptors (Lipinski definition) is 8. The van der Waals surface area contributed by atoms with Crippen LogP contribution in [0.15, 0.2) is 0 Å². The van der Waals surface area contributed by atoms with E-state index in [1.807, 2.05) is 23.6 Å². The molecule has 2 unspecified atom stereocenters. The fourth-order valence-corrected chi connectivity index (χ4v) is 6.85. The van der Waals surface area contributed by atoms with Crippen LogP contribution in [0, 0.1) is 23.7 Å². The summed E-state index contributed by atoms with van der Waals surface area (Å²) in [7, 11) is 0. The van der Waals surface area contributed by atoms with Gasteiger partial charge in [0.15, 0.2) is 0 Å². The van der Waals surface area contributed by atoms with Crippen molar-refractivity contribution in [3.8, 4) is 0 Å². The smallest absolute Gasteiger partial charge is 0.244 e. The number of imide groups is 2. The molecule has 0 saturated carbocycles. The lowest BCUT2D eigenvalue weighted by atomic mass is 9.87. The van der Waals surface area contributed by atoms with Gasteiger partial charge in [-0.2, -0.15) is 0 Å². The summed E-state index contributed by atoms with van der Waals surface area (Å²) < 4.78 is 0. The fraction of sp³-hybridized carbons (Fsp3) is 0.867. The molecule has 10 heteroatoms. The molecule has 0 radical (unpaired) electrons. The Morgan fingerprint density at radius 1 is 0.525 bits per heavy atom. The molecule has 4 aliphatic rings. The Bertz CT molecular complexity index is 815. The van der Waals surface area contributed by atoms with Crippen LogP contribution < -0.4 is 0 Å². The summed E-state index contributed by atoms with van der Waals surface area (Å²) in [5.74, 6) is 2.09. The average Bonchev–Trinajstić information content (AvgIpc) is 2.92. The molecule has 0 aromatic rings. The highest BCUT2D eigenvalue weighted by Crippen LogP contribution is 2.26. The maximum Gasteiger partial charge on any atom is 0.244 e. The molecule has 0 aliphatic carbocycles. The van der Waals surface area contributed by atoms with Gasteiger partial charge in [-0.05, 0) is 63.2 Å². The van der Waals surface area contributed by atoms with Crippen molar-refractivity contribution in [1.29, 1.82) is 0 Å². The Kier molecular flexibility index (Phi) is 10.4. The van der Waals surface area contributed by atoms with Gasteiger partial charge in [-0.3, -0.25) is 48.6 Å². The second-order valence-corrected chi connectivity index (χ2v) is 13.4. The van der Waals surface area contributed by atoms with Gasteiger partial charge < -0.3 is 0 Å². The molecule has 2 atom stereocenters. The van der Waals surface area contributed by atoms with Crippen molar-refractivity contribution in [3.63, 3.8) is 0 Å². The van der Waals surface area contributed by atoms with Crippen LogP contribution in [0.2, 0.25) is 0 Å². The number of nitrogens with zero attached hydrogens (tertiary/aromatic N) is 6. The third-order valence-corrected chi connectivity index (χ3v) is 10.2. The zero-order valence-electron chi connectivity index (χ0n) is 25.7. The molecule has 0 spiro atoms. The van der Waals surface area contributed by atoms with Crippen molar-refractivity contribution < 1.29 is 19.2 Å². The molecule has 0 N–H and O–H groups in total. The largest absolute Gasteiger partial charge is 0.286 e. The lowest BCUT2D eigenvalue weighted by molar-refractivity contribution is -0.160. The molecule has 0 bridgehead atoms. The van der Waals surface area contributed by atoms with Gasteiger partial charge >= 0.3 is 0 Å². The zero-order chi connectivity index (χ0) is 29.1. The van der Waals surface area contributed by atoms with E-state index < -0.39 is 0 Å². The number of likely N-dealkylation sites (tertiary alicyclic amines) is 2. The van der Waals surface area contributed by atoms with Gasteiger partial charge in [0.25, 0.3) is 0 Å². The molecule has 4 rings (SSSR count). The third-order valence-electron chi connectivity index (χ3n) is 10.2. The molecule has 40 heavy (non-hydrogen) atoms. The summed E-state index contributed by atoms with van der Waals surface area (Å²) in [6, 6.07) is -0.307. The minimum atomic E-state index is -0.167. The van der Waals surface area contributed by atoms with Crippen molar-refractivity contribution in [2.45, 2.75) is 79.3 Å². The minimum Gasteiger partial charge on any atom is -0.286 e. The van der Waals surface area contributed by atoms with Crippen molar-refractivity contribution in [2.24, 2.45) is 23.7 Å². The van der Waals surface area contributed by atoms with Crippen LogP contribution in [0.1, 0.15) is 67.2 Å². The second-order valence-electron chi connectivity index (χ2n) is 13.4. The quantitative estimate of drug-likeness (QED) is 0.395. The summed E-state index contributed by atoms with van der Waals surface area (Å²) in [5, 5.41) is 0. The van der Waals surface area contributed by atoms with Gasteiger partial charge in [-0.15, -0.1) is 0 Å². The average molecular weight is 561 g/mol. The molecule has 10 nitrogen and oxygen atoms in total. The highest BCUT2D eigenvalue weighted by atomic mass is 16.2. The lowest BCUT2D eigenvalue weighted by Gasteiger charge is -2.45. The molecular weight excluding hydrogens is 508 g/mol. The number of amides is 4. The third kappa shape index (κ3) is 7.30. The monoisotopic (exact) mass is 560 g/mol. The van der Waals surface area contributed by atoms with Gasteiger partial charge in [-0.1, -0.05) is 27.7 Å². The summed E-state index contributed by atoms with van der Waals surface area (Å²) in [4.78, 5) is 63.3. The van der Waals surface area contributed by atoms with Crippen molar-refractivity contribution in [1.82, 2.24) is 29.4 Å². The standard InChI is InChI=1S/C30H52N6O4/c1-21(2)25-7-11-31(12-8-25)19-35-27(37)15-33(16-28(35)38)23(5)24(6)34-17-29(39)36(30(40)18-34)20-32-13-9-26(10-14-32)22(3)4/h21-26H,7-20H2,1-6H3. The van der Waals surface area contributed by atoms with E-state index in [1.165, 1.54) is 9.80 Å². The van der Waals surface area contributed by atoms with Gasteiger partial charge in [-0.25, -0.2) is 0 Å². The van der Waals surface area contributed by atoms with Crippen molar-refractivity contribution >= 4 is 23.6 Å². The maximum absolute atomic E-state index is 13.1. The van der Waals surface area contributed by atoms with Crippen LogP contribution >= 0.6 is 0 Å². The molecule has 0 aromatic heterocycles. The van der Waals surface area contributed by atoms with Crippen LogP contribution in [-0.2, 0) is 19.2 Å². The van der Waals surface area contributed by atoms with Crippen molar-refractivity contribution in [2.75, 3.05) is 65.7 Å². The fourth-order valence-electron chi connectivity index (χ4n) is 6.85. The van der Waals surface area contributed by atoms with Gasteiger partial charge in [0.05, 0.1) is 39.5 Å². The van der Waals surface area contributed by atoms with E-state index >= 15 is 0 Å². The first-order valence-corrected chi connectivity index (χ1v) is 15.5. The number of carbonyl (C=O) groups excluding carboxylic acids is 4. The first-order valence-electron chi connectivity index (χ1n) is 15.5. The summed E-state index contributed by atoms with van der Waals surface area (Å²) in [5.41, 5.74) is 0. The highest BCUT2D eigenvalue weighted by Gasteiger charge is 2.40. The Labute approximate surface area is 241 Å². The molecule has 4 fully saturated rings. The van der Waals surface area contributed by atoms with E-state index in [0.717, 1.165) is 51.9 Å². The first kappa shape index (κ1) is 31.1. The zero-order valence-corrected chi connectivity index (χ0v) is 25.7. The summed E-state index contributed by atoms with van der Waals surface area (Å²) >= 11 is 0. The Morgan fingerprint density at radius 2 is 0.800 bits per heavy atom. The SMILES string of the molecule is CC(C)C1CCN(CN2C(=O)CN(C(C)C(C)N3CC(=O)N(CN4CCC(C(C)C)CC4)C(=O)C3)CC2=O)CC1. The van der Waals surface area contributed by atoms with E-state index in [4.69, 9.17) is 0 Å². The number of carbonyl (C=O) groups is 4. The van der Waals surface area contributed by atoms with Gasteiger partial charge in [0.1, 0.15) is 0 Å². The number of piperidine rings is 2. The predicted molar refractivity (Wildman–Crippen MR) is 154 cm³/mol. The molecule has 4 saturated heterocycles. The maximum atomic E-state index is 13.1. The Morgan fingerprint density at radius 3 is 1.05 bits per heavy atom. The summed E-state index contributed by atoms with van der Waals surface area (Å²) in [6.45, 7) is 18.1. The van der Waals surface area contributed by atoms with E-state index in [9.17, 15) is 19.2 Å². The highest BCUT2D eigenvalue weighted by molar-refractivity contribution is 6.00. The second kappa shape index (κ2) is 13.4. The molecular formula is C30H52N6O4. The van der Waals surface area contributed by atoms with E-state index in [-0.39, 0.29) is 61.9 Å². The minimum absolute atomic E-state index is 0.154. The predicted octanol–water partition coefficient (Wildman–Crippen LogP) is 1.76. The van der Waals surface area contributed by atoms with Crippen LogP contribution in [-0.4, -0.2) is 131 Å². The Balaban J connectivity index is 1.26. The molecule has 0 aromatic carbocycles. The first-order chi connectivity index (χ1) is 18.9. The van der Waals surface area contributed by atoms with Crippen molar-refractivity contribution in [3.05, 3.63) is 0 Å². The number of rotatable bonds is 9. The lowest BCUT2D eigenvalue weighted by Crippen LogP contribution is -2.64. The van der Waals surface area contributed by atoms with Gasteiger partial charge in [0, 0.05) is 38.3 Å². The van der Waals surface area contributed by atoms with E-state index in [2.05, 4.69) is 37.5 Å². The van der Waals surface area contributed by atoms with E-state index in [0.29, 0.717) is 37.0 Å².